The van der Waals surface area contributed by atoms with Crippen molar-refractivity contribution in [1.82, 2.24) is 14.5 Å². The lowest BCUT2D eigenvalue weighted by Gasteiger charge is -2.27. The number of hydrogen-bond acceptors (Lipinski definition) is 4. The number of fused-ring (bicyclic) bond motifs is 1. The Bertz CT molecular complexity index is 1830. The van der Waals surface area contributed by atoms with Crippen LogP contribution in [0.1, 0.15) is 105 Å². The third kappa shape index (κ3) is 8.38. The van der Waals surface area contributed by atoms with Gasteiger partial charge in [0.05, 0.1) is 16.6 Å². The van der Waals surface area contributed by atoms with Gasteiger partial charge >= 0.3 is 0 Å². The van der Waals surface area contributed by atoms with Gasteiger partial charge in [0.15, 0.2) is 0 Å². The van der Waals surface area contributed by atoms with E-state index in [1.807, 2.05) is 28.8 Å². The first-order chi connectivity index (χ1) is 23.8. The minimum Gasteiger partial charge on any atom is -0.309 e. The van der Waals surface area contributed by atoms with Gasteiger partial charge in [-0.1, -0.05) is 106 Å². The molecule has 0 aliphatic heterocycles. The Balaban J connectivity index is 1.23. The lowest BCUT2D eigenvalue weighted by Crippen LogP contribution is -2.29. The molecule has 256 valence electrons. The van der Waals surface area contributed by atoms with Crippen LogP contribution in [0.4, 0.5) is 0 Å². The summed E-state index contributed by atoms with van der Waals surface area (Å²) in [6.45, 7) is 5.35. The van der Waals surface area contributed by atoms with Crippen LogP contribution in [0, 0.1) is 11.8 Å². The molecule has 4 unspecified atom stereocenters. The molecule has 1 fully saturated rings. The maximum absolute atomic E-state index is 14.2. The van der Waals surface area contributed by atoms with Crippen LogP contribution in [0.2, 0.25) is 0 Å². The average molecular weight is 656 g/mol. The zero-order valence-electron chi connectivity index (χ0n) is 29.9. The molecule has 0 saturated heterocycles. The summed E-state index contributed by atoms with van der Waals surface area (Å²) in [7, 11) is 4.18. The fraction of sp³-hybridized carbons (Fsp3) is 0.432. The van der Waals surface area contributed by atoms with Crippen molar-refractivity contribution in [3.63, 3.8) is 0 Å². The van der Waals surface area contributed by atoms with Crippen LogP contribution in [-0.2, 0) is 11.2 Å². The van der Waals surface area contributed by atoms with Gasteiger partial charge in [-0.3, -0.25) is 14.2 Å². The van der Waals surface area contributed by atoms with Crippen molar-refractivity contribution < 1.29 is 4.79 Å². The predicted molar refractivity (Wildman–Crippen MR) is 203 cm³/mol. The topological polar surface area (TPSA) is 55.2 Å². The van der Waals surface area contributed by atoms with Crippen LogP contribution >= 0.6 is 0 Å². The SMILES string of the molecule is CC1C=CC=CC1c1ccc(CC(=O)CCC(CCN(C)C)C(C)c2nc3ccccc3c(=O)n2-c2ccc(C3CCCCC3)cc2)cc1. The number of ketones is 1. The molecule has 4 atom stereocenters. The molecule has 4 aromatic rings. The summed E-state index contributed by atoms with van der Waals surface area (Å²) < 4.78 is 1.85. The molecule has 0 bridgehead atoms. The Hall–Kier alpha value is -4.09. The number of rotatable bonds is 13. The van der Waals surface area contributed by atoms with E-state index >= 15 is 0 Å². The maximum atomic E-state index is 14.2. The first kappa shape index (κ1) is 34.8. The predicted octanol–water partition coefficient (Wildman–Crippen LogP) is 9.54. The highest BCUT2D eigenvalue weighted by molar-refractivity contribution is 5.81. The first-order valence-electron chi connectivity index (χ1n) is 18.5. The molecule has 0 spiro atoms. The van der Waals surface area contributed by atoms with E-state index in [1.165, 1.54) is 43.2 Å². The number of hydrogen-bond donors (Lipinski definition) is 0. The second kappa shape index (κ2) is 16.1. The van der Waals surface area contributed by atoms with Crippen LogP contribution in [0.3, 0.4) is 0 Å². The van der Waals surface area contributed by atoms with Crippen molar-refractivity contribution in [1.29, 1.82) is 0 Å². The molecule has 1 aromatic heterocycles. The van der Waals surface area contributed by atoms with E-state index in [4.69, 9.17) is 4.98 Å². The minimum atomic E-state index is -0.0297. The molecule has 5 nitrogen and oxygen atoms in total. The highest BCUT2D eigenvalue weighted by Gasteiger charge is 2.27. The lowest BCUT2D eigenvalue weighted by molar-refractivity contribution is -0.118. The molecule has 0 amide bonds. The number of para-hydroxylation sites is 1. The molecule has 2 aliphatic rings. The summed E-state index contributed by atoms with van der Waals surface area (Å²) in [6.07, 6.45) is 17.8. The molecular weight excluding hydrogens is 603 g/mol. The fourth-order valence-corrected chi connectivity index (χ4v) is 7.97. The summed E-state index contributed by atoms with van der Waals surface area (Å²) in [6, 6.07) is 25.0. The molecule has 0 radical (unpaired) electrons. The van der Waals surface area contributed by atoms with Crippen LogP contribution < -0.4 is 5.56 Å². The highest BCUT2D eigenvalue weighted by Crippen LogP contribution is 2.35. The number of benzene rings is 3. The second-order valence-electron chi connectivity index (χ2n) is 14.8. The van der Waals surface area contributed by atoms with Gasteiger partial charge < -0.3 is 4.90 Å². The second-order valence-corrected chi connectivity index (χ2v) is 14.8. The standard InChI is InChI=1S/C44H53N3O2/c1-31-12-8-9-15-40(31)37-20-18-33(19-21-37)30-39(48)27-24-34(28-29-46(3)4)32(2)43-45-42-17-11-10-16-41(42)44(49)47(43)38-25-22-36(23-26-38)35-13-6-5-7-14-35/h8-12,15-23,25-26,31-32,34-35,40H,5-7,13-14,24,27-30H2,1-4H3. The van der Waals surface area contributed by atoms with E-state index in [0.29, 0.717) is 36.0 Å². The van der Waals surface area contributed by atoms with E-state index in [9.17, 15) is 9.59 Å². The zero-order chi connectivity index (χ0) is 34.3. The van der Waals surface area contributed by atoms with Gasteiger partial charge in [0.1, 0.15) is 11.6 Å². The van der Waals surface area contributed by atoms with E-state index < -0.39 is 0 Å². The van der Waals surface area contributed by atoms with Gasteiger partial charge in [-0.15, -0.1) is 0 Å². The normalized spacial score (nSPS) is 19.4. The molecule has 3 aromatic carbocycles. The number of carbonyl (C=O) groups is 1. The van der Waals surface area contributed by atoms with Crippen LogP contribution in [0.5, 0.6) is 0 Å². The Morgan fingerprint density at radius 1 is 0.878 bits per heavy atom. The molecule has 0 N–H and O–H groups in total. The summed E-state index contributed by atoms with van der Waals surface area (Å²) >= 11 is 0. The molecule has 2 aliphatic carbocycles. The van der Waals surface area contributed by atoms with E-state index in [1.54, 1.807) is 0 Å². The third-order valence-corrected chi connectivity index (χ3v) is 11.1. The van der Waals surface area contributed by atoms with Crippen molar-refractivity contribution in [3.05, 3.63) is 130 Å². The third-order valence-electron chi connectivity index (χ3n) is 11.1. The minimum absolute atomic E-state index is 0.0260. The number of aromatic nitrogens is 2. The number of nitrogens with zero attached hydrogens (tertiary/aromatic N) is 3. The van der Waals surface area contributed by atoms with Crippen molar-refractivity contribution >= 4 is 16.7 Å². The van der Waals surface area contributed by atoms with Crippen LogP contribution in [-0.4, -0.2) is 40.9 Å². The highest BCUT2D eigenvalue weighted by atomic mass is 16.1. The van der Waals surface area contributed by atoms with Crippen molar-refractivity contribution in [2.75, 3.05) is 20.6 Å². The Morgan fingerprint density at radius 2 is 1.57 bits per heavy atom. The van der Waals surface area contributed by atoms with Gasteiger partial charge in [-0.05, 0) is 105 Å². The molecule has 49 heavy (non-hydrogen) atoms. The Labute approximate surface area is 292 Å². The molecule has 1 saturated carbocycles. The molecular formula is C44H53N3O2. The monoisotopic (exact) mass is 655 g/mol. The van der Waals surface area contributed by atoms with Crippen molar-refractivity contribution in [3.8, 4) is 5.69 Å². The molecule has 1 heterocycles. The molecule has 5 heteroatoms. The van der Waals surface area contributed by atoms with Gasteiger partial charge in [-0.2, -0.15) is 0 Å². The Morgan fingerprint density at radius 3 is 2.29 bits per heavy atom. The van der Waals surface area contributed by atoms with Crippen molar-refractivity contribution in [2.45, 2.75) is 89.4 Å². The maximum Gasteiger partial charge on any atom is 0.265 e. The smallest absolute Gasteiger partial charge is 0.265 e. The number of carbonyl (C=O) groups excluding carboxylic acids is 1. The average Bonchev–Trinajstić information content (AvgIpc) is 3.12. The van der Waals surface area contributed by atoms with E-state index in [-0.39, 0.29) is 23.2 Å². The van der Waals surface area contributed by atoms with Crippen molar-refractivity contribution in [2.24, 2.45) is 11.8 Å². The summed E-state index contributed by atoms with van der Waals surface area (Å²) in [5.74, 6) is 2.64. The van der Waals surface area contributed by atoms with Gasteiger partial charge in [0.25, 0.3) is 5.56 Å². The van der Waals surface area contributed by atoms with Crippen LogP contribution in [0.25, 0.3) is 16.6 Å². The first-order valence-corrected chi connectivity index (χ1v) is 18.5. The fourth-order valence-electron chi connectivity index (χ4n) is 7.97. The van der Waals surface area contributed by atoms with Gasteiger partial charge in [0, 0.05) is 24.7 Å². The number of Topliss-reactive ketones (excluding diaryl/α,β-unsaturated/α-hetero) is 1. The summed E-state index contributed by atoms with van der Waals surface area (Å²) in [4.78, 5) is 35.0. The van der Waals surface area contributed by atoms with Gasteiger partial charge in [0.2, 0.25) is 0 Å². The number of allylic oxidation sites excluding steroid dienone is 4. The Kier molecular flexibility index (Phi) is 11.4. The quantitative estimate of drug-likeness (QED) is 0.144. The van der Waals surface area contributed by atoms with Gasteiger partial charge in [-0.25, -0.2) is 4.98 Å². The zero-order valence-corrected chi connectivity index (χ0v) is 29.9. The van der Waals surface area contributed by atoms with Crippen LogP contribution in [0.15, 0.2) is 102 Å². The summed E-state index contributed by atoms with van der Waals surface area (Å²) in [5.41, 5.74) is 5.29. The van der Waals surface area contributed by atoms with E-state index in [2.05, 4.69) is 106 Å². The summed E-state index contributed by atoms with van der Waals surface area (Å²) in [5, 5.41) is 0.631. The lowest BCUT2D eigenvalue weighted by atomic mass is 9.83. The van der Waals surface area contributed by atoms with E-state index in [0.717, 1.165) is 42.0 Å². The molecule has 6 rings (SSSR count). The largest absolute Gasteiger partial charge is 0.309 e.